The van der Waals surface area contributed by atoms with E-state index in [4.69, 9.17) is 59.8 Å². The van der Waals surface area contributed by atoms with Crippen molar-refractivity contribution in [1.82, 2.24) is 59.8 Å². The van der Waals surface area contributed by atoms with E-state index in [1.54, 1.807) is 0 Å². The zero-order chi connectivity index (χ0) is 82.0. The fraction of sp³-hybridized carbons (Fsp3) is 0.00909. The fourth-order valence-electron chi connectivity index (χ4n) is 16.6. The molecule has 1 aliphatic rings. The summed E-state index contributed by atoms with van der Waals surface area (Å²) in [5.74, 6) is 6.31. The second kappa shape index (κ2) is 32.3. The van der Waals surface area contributed by atoms with Gasteiger partial charge in [-0.1, -0.05) is 364 Å². The molecule has 0 unspecified atom stereocenters. The van der Waals surface area contributed by atoms with Crippen molar-refractivity contribution in [1.29, 1.82) is 0 Å². The summed E-state index contributed by atoms with van der Waals surface area (Å²) in [6, 6.07) is 144. The van der Waals surface area contributed by atoms with E-state index in [2.05, 4.69) is 158 Å². The van der Waals surface area contributed by atoms with Crippen LogP contribution in [0.15, 0.2) is 425 Å². The molecule has 13 heteroatoms. The second-order valence-electron chi connectivity index (χ2n) is 30.2. The van der Waals surface area contributed by atoms with Crippen LogP contribution in [0.3, 0.4) is 0 Å². The van der Waals surface area contributed by atoms with E-state index in [1.165, 1.54) is 0 Å². The molecule has 0 aliphatic heterocycles. The molecule has 0 saturated heterocycles. The highest BCUT2D eigenvalue weighted by atomic mass is 16.1. The van der Waals surface area contributed by atoms with Gasteiger partial charge in [-0.3, -0.25) is 4.79 Å². The molecule has 16 aromatic carbocycles. The lowest BCUT2D eigenvalue weighted by Crippen LogP contribution is -2.38. The smallest absolute Gasteiger partial charge is 0.193 e. The van der Waals surface area contributed by atoms with E-state index in [0.29, 0.717) is 81.0 Å². The Labute approximate surface area is 710 Å². The Hall–Kier alpha value is -16.8. The van der Waals surface area contributed by atoms with Crippen LogP contribution in [0.4, 0.5) is 0 Å². The number of fused-ring (bicyclic) bond motifs is 2. The number of carbonyl (C=O) groups is 1. The Morgan fingerprint density at radius 1 is 0.138 bits per heavy atom. The predicted octanol–water partition coefficient (Wildman–Crippen LogP) is 25.0. The molecule has 20 aromatic rings. The molecular weight excluding hydrogens is 1510 g/mol. The largest absolute Gasteiger partial charge is 0.289 e. The van der Waals surface area contributed by atoms with Gasteiger partial charge in [-0.2, -0.15) is 0 Å². The molecule has 4 aromatic heterocycles. The Kier molecular flexibility index (Phi) is 19.4. The molecule has 0 N–H and O–H groups in total. The molecule has 123 heavy (non-hydrogen) atoms. The molecule has 0 atom stereocenters. The van der Waals surface area contributed by atoms with Crippen molar-refractivity contribution in [3.05, 3.63) is 458 Å². The number of nitrogens with zero attached hydrogens (tertiary/aromatic N) is 12. The van der Waals surface area contributed by atoms with Crippen molar-refractivity contribution in [3.63, 3.8) is 0 Å². The minimum atomic E-state index is -1.30. The monoisotopic (exact) mass is 1570 g/mol. The van der Waals surface area contributed by atoms with Crippen LogP contribution in [0.5, 0.6) is 0 Å². The Morgan fingerprint density at radius 2 is 0.293 bits per heavy atom. The summed E-state index contributed by atoms with van der Waals surface area (Å²) in [7, 11) is 0. The van der Waals surface area contributed by atoms with Crippen LogP contribution >= 0.6 is 0 Å². The molecule has 1 aliphatic carbocycles. The summed E-state index contributed by atoms with van der Waals surface area (Å²) in [5, 5.41) is 0. The topological polar surface area (TPSA) is 172 Å². The number of aromatic nitrogens is 12. The van der Waals surface area contributed by atoms with Crippen LogP contribution < -0.4 is 0 Å². The van der Waals surface area contributed by atoms with Gasteiger partial charge >= 0.3 is 0 Å². The van der Waals surface area contributed by atoms with Crippen LogP contribution in [0, 0.1) is 0 Å². The highest BCUT2D eigenvalue weighted by Gasteiger charge is 2.47. The third-order valence-corrected chi connectivity index (χ3v) is 22.5. The minimum Gasteiger partial charge on any atom is -0.289 e. The van der Waals surface area contributed by atoms with Gasteiger partial charge in [0.25, 0.3) is 0 Å². The fourth-order valence-corrected chi connectivity index (χ4v) is 16.6. The quantitative estimate of drug-likeness (QED) is 0.0795. The van der Waals surface area contributed by atoms with Gasteiger partial charge in [0.1, 0.15) is 0 Å². The molecule has 576 valence electrons. The third-order valence-electron chi connectivity index (χ3n) is 22.5. The van der Waals surface area contributed by atoms with Crippen LogP contribution in [0.25, 0.3) is 181 Å². The molecule has 0 saturated carbocycles. The SMILES string of the molecule is O=C1c2ccccc2C(c2cc(-c3cccc(-c4nc(-c5ccccc5)nc(-c5ccccc5)n4)c3)cc(-c3cccc(-c4nc(-c5ccccc5)nc(-c5ccccc5)n4)c3)c2)(c2cc(-c3cccc(-c4nc(-c5ccccc5)nc(-c5ccccc5)n4)c3)cc(-c3cccc(-c4nc(-c5ccccc5)nc(-c5ccccc5)n4)c3)c2)c2ccccc21. The summed E-state index contributed by atoms with van der Waals surface area (Å²) >= 11 is 0. The van der Waals surface area contributed by atoms with Gasteiger partial charge in [0.15, 0.2) is 75.7 Å². The first-order valence-corrected chi connectivity index (χ1v) is 40.8. The zero-order valence-electron chi connectivity index (χ0n) is 66.2. The summed E-state index contributed by atoms with van der Waals surface area (Å²) in [5.41, 5.74) is 20.2. The molecule has 0 bridgehead atoms. The number of rotatable bonds is 18. The van der Waals surface area contributed by atoms with Crippen molar-refractivity contribution in [2.75, 3.05) is 0 Å². The Balaban J connectivity index is 0.828. The van der Waals surface area contributed by atoms with Crippen molar-refractivity contribution in [3.8, 4) is 181 Å². The van der Waals surface area contributed by atoms with E-state index in [9.17, 15) is 0 Å². The van der Waals surface area contributed by atoms with Crippen LogP contribution in [0.2, 0.25) is 0 Å². The molecule has 21 rings (SSSR count). The molecule has 0 radical (unpaired) electrons. The van der Waals surface area contributed by atoms with Gasteiger partial charge in [0, 0.05) is 77.9 Å². The van der Waals surface area contributed by atoms with E-state index in [-0.39, 0.29) is 5.78 Å². The van der Waals surface area contributed by atoms with Gasteiger partial charge in [-0.05, 0) is 127 Å². The first-order chi connectivity index (χ1) is 60.8. The van der Waals surface area contributed by atoms with E-state index >= 15 is 4.79 Å². The van der Waals surface area contributed by atoms with Crippen molar-refractivity contribution in [2.45, 2.75) is 5.41 Å². The van der Waals surface area contributed by atoms with Gasteiger partial charge in [-0.25, -0.2) is 59.8 Å². The summed E-state index contributed by atoms with van der Waals surface area (Å²) in [6.07, 6.45) is 0. The number of benzene rings is 16. The number of hydrogen-bond acceptors (Lipinski definition) is 13. The maximum Gasteiger partial charge on any atom is 0.193 e. The Bertz CT molecular complexity index is 6330. The van der Waals surface area contributed by atoms with E-state index in [1.807, 2.05) is 267 Å². The summed E-state index contributed by atoms with van der Waals surface area (Å²) < 4.78 is 0. The highest BCUT2D eigenvalue weighted by molar-refractivity contribution is 6.14. The number of hydrogen-bond donors (Lipinski definition) is 0. The molecule has 4 heterocycles. The van der Waals surface area contributed by atoms with Crippen molar-refractivity contribution < 1.29 is 4.79 Å². The van der Waals surface area contributed by atoms with Gasteiger partial charge in [0.05, 0.1) is 5.41 Å². The van der Waals surface area contributed by atoms with E-state index in [0.717, 1.165) is 134 Å². The predicted molar refractivity (Wildman–Crippen MR) is 489 cm³/mol. The zero-order valence-corrected chi connectivity index (χ0v) is 66.2. The second-order valence-corrected chi connectivity index (χ2v) is 30.2. The standard InChI is InChI=1S/C110H70N12O/c123-97-93-57-25-27-59-95(93)110(96-60-28-26-58-94(96)97,91-67-87(79-49-29-53-83(61-79)106-115-98(71-33-9-1-10-34-71)111-99(116-106)72-35-11-2-12-36-72)65-88(68-91)80-50-30-54-84(62-80)107-117-100(73-37-13-3-14-38-73)112-101(118-107)74-39-15-4-16-40-74)92-69-89(81-51-31-55-85(63-81)108-119-102(75-41-17-5-18-42-75)113-103(120-108)76-43-19-6-20-44-76)66-90(70-92)82-52-32-56-86(64-82)109-121-104(77-45-21-7-22-46-77)114-105(122-109)78-47-23-8-24-48-78/h1-70H. The number of carbonyl (C=O) groups excluding carboxylic acids is 1. The molecular formula is C110H70N12O. The molecule has 0 fully saturated rings. The van der Waals surface area contributed by atoms with Gasteiger partial charge in [-0.15, -0.1) is 0 Å². The average molecular weight is 1580 g/mol. The maximum atomic E-state index is 16.0. The van der Waals surface area contributed by atoms with Gasteiger partial charge < -0.3 is 0 Å². The van der Waals surface area contributed by atoms with Crippen molar-refractivity contribution in [2.24, 2.45) is 0 Å². The first kappa shape index (κ1) is 73.8. The minimum absolute atomic E-state index is 0.0845. The molecule has 0 spiro atoms. The number of ketones is 1. The highest BCUT2D eigenvalue weighted by Crippen LogP contribution is 2.54. The lowest BCUT2D eigenvalue weighted by atomic mass is 9.58. The third kappa shape index (κ3) is 14.6. The van der Waals surface area contributed by atoms with Crippen LogP contribution in [-0.4, -0.2) is 65.6 Å². The normalized spacial score (nSPS) is 12.0. The Morgan fingerprint density at radius 3 is 0.496 bits per heavy atom. The van der Waals surface area contributed by atoms with Crippen LogP contribution in [0.1, 0.15) is 38.2 Å². The summed E-state index contributed by atoms with van der Waals surface area (Å²) in [6.45, 7) is 0. The van der Waals surface area contributed by atoms with E-state index < -0.39 is 5.41 Å². The lowest BCUT2D eigenvalue weighted by Gasteiger charge is -2.42. The molecule has 13 nitrogen and oxygen atoms in total. The van der Waals surface area contributed by atoms with Gasteiger partial charge in [0.2, 0.25) is 0 Å². The average Bonchev–Trinajstić information content (AvgIpc) is 0.693. The maximum absolute atomic E-state index is 16.0. The molecule has 0 amide bonds. The summed E-state index contributed by atoms with van der Waals surface area (Å²) in [4.78, 5) is 78.6. The van der Waals surface area contributed by atoms with Crippen molar-refractivity contribution >= 4 is 5.78 Å². The van der Waals surface area contributed by atoms with Crippen LogP contribution in [-0.2, 0) is 5.41 Å². The lowest BCUT2D eigenvalue weighted by molar-refractivity contribution is 0.103. The first-order valence-electron chi connectivity index (χ1n) is 40.8.